The average Bonchev–Trinajstić information content (AvgIpc) is 2.37. The minimum absolute atomic E-state index is 0.198. The highest BCUT2D eigenvalue weighted by Gasteiger charge is 2.47. The maximum Gasteiger partial charge on any atom is 0.156 e. The Balaban J connectivity index is 2.90. The van der Waals surface area contributed by atoms with Crippen LogP contribution in [-0.2, 0) is 4.43 Å². The van der Waals surface area contributed by atoms with Crippen molar-refractivity contribution in [1.29, 1.82) is 0 Å². The third-order valence-corrected chi connectivity index (χ3v) is 34.3. The molecule has 0 bridgehead atoms. The summed E-state index contributed by atoms with van der Waals surface area (Å²) >= 11 is 0. The van der Waals surface area contributed by atoms with Crippen LogP contribution < -0.4 is 0 Å². The molecule has 0 aromatic heterocycles. The lowest BCUT2D eigenvalue weighted by Crippen LogP contribution is -2.61. The van der Waals surface area contributed by atoms with E-state index in [-0.39, 0.29) is 8.55 Å². The van der Waals surface area contributed by atoms with Crippen LogP contribution in [0.1, 0.15) is 47.5 Å². The largest absolute Gasteiger partial charge is 0.419 e. The van der Waals surface area contributed by atoms with Gasteiger partial charge in [0.15, 0.2) is 8.56 Å². The quantitative estimate of drug-likeness (QED) is 0.701. The smallest absolute Gasteiger partial charge is 0.156 e. The van der Waals surface area contributed by atoms with Gasteiger partial charge >= 0.3 is 0 Å². The fourth-order valence-corrected chi connectivity index (χ4v) is 37.0. The zero-order chi connectivity index (χ0) is 12.2. The normalized spacial score (nSPS) is 29.4. The first kappa shape index (κ1) is 14.7. The molecule has 1 atom stereocenters. The van der Waals surface area contributed by atoms with Crippen LogP contribution in [0.2, 0.25) is 24.2 Å². The Morgan fingerprint density at radius 3 is 2.06 bits per heavy atom. The van der Waals surface area contributed by atoms with E-state index in [1.54, 1.807) is 12.1 Å². The Labute approximate surface area is 106 Å². The van der Waals surface area contributed by atoms with Gasteiger partial charge < -0.3 is 4.43 Å². The summed E-state index contributed by atoms with van der Waals surface area (Å²) in [6, 6.07) is 6.01. The maximum atomic E-state index is 6.62. The summed E-state index contributed by atoms with van der Waals surface area (Å²) in [5, 5.41) is 0. The molecule has 1 rings (SSSR count). The van der Waals surface area contributed by atoms with Gasteiger partial charge in [-0.3, -0.25) is 0 Å². The molecular formula is C12H30OSi3. The van der Waals surface area contributed by atoms with Gasteiger partial charge in [-0.05, 0) is 24.9 Å². The van der Waals surface area contributed by atoms with E-state index in [0.29, 0.717) is 5.60 Å². The van der Waals surface area contributed by atoms with Crippen molar-refractivity contribution in [2.45, 2.75) is 77.2 Å². The van der Waals surface area contributed by atoms with Crippen molar-refractivity contribution in [3.05, 3.63) is 0 Å². The van der Waals surface area contributed by atoms with Gasteiger partial charge in [0.25, 0.3) is 0 Å². The highest BCUT2D eigenvalue weighted by atomic mass is 29.6. The predicted molar refractivity (Wildman–Crippen MR) is 82.1 cm³/mol. The minimum atomic E-state index is -0.816. The molecule has 0 saturated carbocycles. The van der Waals surface area contributed by atoms with Crippen LogP contribution in [0.25, 0.3) is 0 Å². The average molecular weight is 275 g/mol. The van der Waals surface area contributed by atoms with Crippen LogP contribution in [0.4, 0.5) is 0 Å². The van der Waals surface area contributed by atoms with Crippen molar-refractivity contribution >= 4 is 24.7 Å². The zero-order valence-electron chi connectivity index (χ0n) is 11.9. The Morgan fingerprint density at radius 1 is 1.12 bits per heavy atom. The van der Waals surface area contributed by atoms with Crippen LogP contribution in [0.15, 0.2) is 0 Å². The minimum Gasteiger partial charge on any atom is -0.419 e. The molecule has 16 heavy (non-hydrogen) atoms. The van der Waals surface area contributed by atoms with Crippen molar-refractivity contribution in [2.75, 3.05) is 0 Å². The maximum absolute atomic E-state index is 6.62. The second kappa shape index (κ2) is 5.98. The van der Waals surface area contributed by atoms with Gasteiger partial charge in [0.2, 0.25) is 0 Å². The number of rotatable bonds is 5. The van der Waals surface area contributed by atoms with E-state index < -0.39 is 16.1 Å². The molecule has 0 aliphatic carbocycles. The van der Waals surface area contributed by atoms with Crippen LogP contribution in [0, 0.1) is 0 Å². The molecule has 4 heteroatoms. The van der Waals surface area contributed by atoms with E-state index >= 15 is 0 Å². The van der Waals surface area contributed by atoms with Gasteiger partial charge in [0.1, 0.15) is 0 Å². The van der Waals surface area contributed by atoms with Crippen molar-refractivity contribution in [1.82, 2.24) is 0 Å². The van der Waals surface area contributed by atoms with Crippen molar-refractivity contribution in [2.24, 2.45) is 0 Å². The SMILES string of the molecule is CC[SiH]1OC(CC)(CC)C[Si](CC)(CC)[SiH2]1. The van der Waals surface area contributed by atoms with Gasteiger partial charge in [-0.2, -0.15) is 0 Å². The van der Waals surface area contributed by atoms with E-state index in [0.717, 1.165) is 0 Å². The van der Waals surface area contributed by atoms with Crippen molar-refractivity contribution < 1.29 is 4.43 Å². The van der Waals surface area contributed by atoms with Crippen LogP contribution in [0.5, 0.6) is 0 Å². The second-order valence-corrected chi connectivity index (χ2v) is 25.2. The lowest BCUT2D eigenvalue weighted by molar-refractivity contribution is 0.0785. The Bertz CT molecular complexity index is 192. The molecule has 1 nitrogen and oxygen atoms in total. The summed E-state index contributed by atoms with van der Waals surface area (Å²) in [5.41, 5.74) is 0.330. The molecule has 1 aliphatic heterocycles. The molecule has 0 radical (unpaired) electrons. The number of hydrogen-bond donors (Lipinski definition) is 0. The Kier molecular flexibility index (Phi) is 5.48. The summed E-state index contributed by atoms with van der Waals surface area (Å²) in [6.45, 7) is 12.0. The topological polar surface area (TPSA) is 9.23 Å². The predicted octanol–water partition coefficient (Wildman–Crippen LogP) is 2.97. The van der Waals surface area contributed by atoms with E-state index in [9.17, 15) is 0 Å². The third kappa shape index (κ3) is 2.89. The van der Waals surface area contributed by atoms with Crippen LogP contribution in [0.3, 0.4) is 0 Å². The summed E-state index contributed by atoms with van der Waals surface area (Å²) in [5.74, 6) is 0. The van der Waals surface area contributed by atoms with E-state index in [4.69, 9.17) is 4.43 Å². The van der Waals surface area contributed by atoms with Gasteiger partial charge in [-0.15, -0.1) is 0 Å². The standard InChI is InChI=1S/C12H30OSi3/c1-6-12(7-2)11-16(9-4,10-5)14-15(8-3)13-12/h15H,6-11,14H2,1-5H3. The highest BCUT2D eigenvalue weighted by molar-refractivity contribution is 7.47. The van der Waals surface area contributed by atoms with Crippen LogP contribution in [-0.4, -0.2) is 30.3 Å². The first-order valence-corrected chi connectivity index (χ1v) is 16.8. The lowest BCUT2D eigenvalue weighted by atomic mass is 10.0. The fourth-order valence-electron chi connectivity index (χ4n) is 3.36. The monoisotopic (exact) mass is 274 g/mol. The Hall–Kier alpha value is 0.611. The van der Waals surface area contributed by atoms with Gasteiger partial charge in [-0.25, -0.2) is 0 Å². The fraction of sp³-hybridized carbons (Fsp3) is 1.00. The molecule has 1 fully saturated rings. The van der Waals surface area contributed by atoms with Gasteiger partial charge in [0.05, 0.1) is 5.60 Å². The molecular weight excluding hydrogens is 244 g/mol. The molecule has 96 valence electrons. The lowest BCUT2D eigenvalue weighted by Gasteiger charge is -2.49. The van der Waals surface area contributed by atoms with Gasteiger partial charge in [-0.1, -0.05) is 46.7 Å². The molecule has 0 amide bonds. The van der Waals surface area contributed by atoms with Crippen molar-refractivity contribution in [3.63, 3.8) is 0 Å². The molecule has 0 spiro atoms. The van der Waals surface area contributed by atoms with E-state index in [1.807, 2.05) is 0 Å². The first-order valence-electron chi connectivity index (χ1n) is 7.27. The molecule has 1 unspecified atom stereocenters. The zero-order valence-corrected chi connectivity index (χ0v) is 15.5. The Morgan fingerprint density at radius 2 is 1.69 bits per heavy atom. The van der Waals surface area contributed by atoms with E-state index in [2.05, 4.69) is 34.6 Å². The van der Waals surface area contributed by atoms with E-state index in [1.165, 1.54) is 24.9 Å². The number of hydrogen-bond acceptors (Lipinski definition) is 1. The highest BCUT2D eigenvalue weighted by Crippen LogP contribution is 2.39. The van der Waals surface area contributed by atoms with Gasteiger partial charge in [0, 0.05) is 16.1 Å². The summed E-state index contributed by atoms with van der Waals surface area (Å²) < 4.78 is 6.62. The molecule has 0 N–H and O–H groups in total. The molecule has 0 aromatic carbocycles. The molecule has 0 aromatic rings. The third-order valence-electron chi connectivity index (χ3n) is 5.02. The van der Waals surface area contributed by atoms with Crippen molar-refractivity contribution in [3.8, 4) is 0 Å². The second-order valence-electron chi connectivity index (χ2n) is 5.63. The molecule has 1 aliphatic rings. The molecule has 1 saturated heterocycles. The summed E-state index contributed by atoms with van der Waals surface area (Å²) in [7, 11) is -1.34. The summed E-state index contributed by atoms with van der Waals surface area (Å²) in [4.78, 5) is 0. The molecule has 1 heterocycles. The first-order chi connectivity index (χ1) is 7.59. The summed E-state index contributed by atoms with van der Waals surface area (Å²) in [6.07, 6.45) is 2.52. The van der Waals surface area contributed by atoms with Crippen LogP contribution >= 0.6 is 0 Å².